The van der Waals surface area contributed by atoms with Crippen molar-refractivity contribution in [2.24, 2.45) is 17.6 Å². The summed E-state index contributed by atoms with van der Waals surface area (Å²) in [5.74, 6) is 1.50. The quantitative estimate of drug-likeness (QED) is 0.470. The molecule has 2 fully saturated rings. The molecule has 2 aromatic carbocycles. The maximum Gasteiger partial charge on any atom is 0.0350 e. The van der Waals surface area contributed by atoms with Crippen LogP contribution in [0.15, 0.2) is 36.4 Å². The van der Waals surface area contributed by atoms with Gasteiger partial charge >= 0.3 is 0 Å². The Bertz CT molecular complexity index is 877. The third kappa shape index (κ3) is 6.05. The average molecular weight is 435 g/mol. The molecule has 4 heteroatoms. The zero-order valence-electron chi connectivity index (χ0n) is 19.8. The molecule has 0 aliphatic heterocycles. The minimum absolute atomic E-state index is 0.392. The summed E-state index contributed by atoms with van der Waals surface area (Å²) in [5, 5.41) is 3.44. The van der Waals surface area contributed by atoms with Crippen LogP contribution in [0.25, 0.3) is 0 Å². The molecule has 0 heterocycles. The lowest BCUT2D eigenvalue weighted by atomic mass is 9.81. The predicted molar refractivity (Wildman–Crippen MR) is 137 cm³/mol. The molecule has 2 saturated carbocycles. The Hall–Kier alpha value is -2.04. The average Bonchev–Trinajstić information content (AvgIpc) is 2.80. The molecule has 0 unspecified atom stereocenters. The molecule has 7 N–H and O–H groups in total. The number of anilines is 2. The van der Waals surface area contributed by atoms with Crippen molar-refractivity contribution in [1.29, 1.82) is 0 Å². The number of nitrogen functional groups attached to an aromatic ring is 2. The molecule has 0 radical (unpaired) electrons. The van der Waals surface area contributed by atoms with Crippen LogP contribution in [0, 0.1) is 11.8 Å². The van der Waals surface area contributed by atoms with Gasteiger partial charge in [-0.3, -0.25) is 0 Å². The highest BCUT2D eigenvalue weighted by Crippen LogP contribution is 2.31. The monoisotopic (exact) mass is 434 g/mol. The Labute approximate surface area is 194 Å². The second kappa shape index (κ2) is 10.7. The van der Waals surface area contributed by atoms with E-state index in [1.807, 2.05) is 0 Å². The number of nitrogens with one attached hydrogen (secondary N) is 1. The highest BCUT2D eigenvalue weighted by Gasteiger charge is 2.21. The summed E-state index contributed by atoms with van der Waals surface area (Å²) < 4.78 is 0. The zero-order valence-corrected chi connectivity index (χ0v) is 19.8. The van der Waals surface area contributed by atoms with Crippen molar-refractivity contribution in [2.75, 3.05) is 18.5 Å². The van der Waals surface area contributed by atoms with Crippen molar-refractivity contribution in [3.8, 4) is 0 Å². The van der Waals surface area contributed by atoms with Crippen molar-refractivity contribution in [3.05, 3.63) is 58.7 Å². The third-order valence-electron chi connectivity index (χ3n) is 7.99. The van der Waals surface area contributed by atoms with Crippen LogP contribution in [0.4, 0.5) is 11.4 Å². The van der Waals surface area contributed by atoms with Gasteiger partial charge in [-0.05, 0) is 124 Å². The SMILES string of the molecule is CNC1CCC(Cc2ccc(N)c(Cc3ccc(N)c(CC4CCC(N)CC4)c3)c2)CC1. The van der Waals surface area contributed by atoms with Gasteiger partial charge in [-0.15, -0.1) is 0 Å². The number of hydrogen-bond acceptors (Lipinski definition) is 4. The first-order chi connectivity index (χ1) is 15.5. The van der Waals surface area contributed by atoms with Crippen LogP contribution < -0.4 is 22.5 Å². The van der Waals surface area contributed by atoms with Crippen LogP contribution in [0.2, 0.25) is 0 Å². The largest absolute Gasteiger partial charge is 0.399 e. The van der Waals surface area contributed by atoms with E-state index in [2.05, 4.69) is 48.8 Å². The smallest absolute Gasteiger partial charge is 0.0350 e. The fraction of sp³-hybridized carbons (Fsp3) is 0.571. The molecule has 0 amide bonds. The van der Waals surface area contributed by atoms with E-state index in [4.69, 9.17) is 17.2 Å². The third-order valence-corrected chi connectivity index (χ3v) is 7.99. The predicted octanol–water partition coefficient (Wildman–Crippen LogP) is 4.82. The first-order valence-corrected chi connectivity index (χ1v) is 12.7. The van der Waals surface area contributed by atoms with Gasteiger partial charge in [-0.2, -0.15) is 0 Å². The van der Waals surface area contributed by atoms with Gasteiger partial charge in [0.2, 0.25) is 0 Å². The molecule has 2 aliphatic rings. The van der Waals surface area contributed by atoms with Crippen molar-refractivity contribution >= 4 is 11.4 Å². The van der Waals surface area contributed by atoms with Crippen LogP contribution in [-0.2, 0) is 19.3 Å². The van der Waals surface area contributed by atoms with E-state index < -0.39 is 0 Å². The molecular formula is C28H42N4. The summed E-state index contributed by atoms with van der Waals surface area (Å²) in [7, 11) is 2.09. The van der Waals surface area contributed by atoms with Gasteiger partial charge in [0.15, 0.2) is 0 Å². The molecular weight excluding hydrogens is 392 g/mol. The Kier molecular flexibility index (Phi) is 7.75. The van der Waals surface area contributed by atoms with Crippen LogP contribution >= 0.6 is 0 Å². The Morgan fingerprint density at radius 2 is 1.28 bits per heavy atom. The summed E-state index contributed by atoms with van der Waals surface area (Å²) in [6.07, 6.45) is 13.1. The standard InChI is InChI=1S/C28H42N4/c1-32-26-10-4-19(5-11-26)14-21-6-12-28(31)24(16-21)18-22-7-13-27(30)23(17-22)15-20-2-8-25(29)9-3-20/h6-7,12-13,16-17,19-20,25-26,32H,2-5,8-11,14-15,18,29-31H2,1H3. The molecule has 0 aromatic heterocycles. The summed E-state index contributed by atoms with van der Waals surface area (Å²) in [6, 6.07) is 14.3. The molecule has 0 bridgehead atoms. The maximum absolute atomic E-state index is 6.39. The normalized spacial score (nSPS) is 26.2. The van der Waals surface area contributed by atoms with E-state index in [1.165, 1.54) is 67.2 Å². The molecule has 2 aliphatic carbocycles. The van der Waals surface area contributed by atoms with Gasteiger partial charge in [0.05, 0.1) is 0 Å². The second-order valence-electron chi connectivity index (χ2n) is 10.4. The van der Waals surface area contributed by atoms with Gasteiger partial charge in [0.1, 0.15) is 0 Å². The van der Waals surface area contributed by atoms with Gasteiger partial charge in [-0.25, -0.2) is 0 Å². The van der Waals surface area contributed by atoms with Crippen molar-refractivity contribution in [1.82, 2.24) is 5.32 Å². The van der Waals surface area contributed by atoms with E-state index >= 15 is 0 Å². The van der Waals surface area contributed by atoms with Gasteiger partial charge in [0.25, 0.3) is 0 Å². The lowest BCUT2D eigenvalue weighted by molar-refractivity contribution is 0.300. The Balaban J connectivity index is 1.41. The zero-order chi connectivity index (χ0) is 22.5. The Morgan fingerprint density at radius 1 is 0.719 bits per heavy atom. The van der Waals surface area contributed by atoms with Crippen LogP contribution in [-0.4, -0.2) is 19.1 Å². The van der Waals surface area contributed by atoms with Crippen LogP contribution in [0.5, 0.6) is 0 Å². The topological polar surface area (TPSA) is 90.1 Å². The summed E-state index contributed by atoms with van der Waals surface area (Å²) in [5.41, 5.74) is 25.9. The van der Waals surface area contributed by atoms with Crippen LogP contribution in [0.1, 0.15) is 73.6 Å². The number of nitrogens with two attached hydrogens (primary N) is 3. The molecule has 0 saturated heterocycles. The number of rotatable bonds is 7. The minimum atomic E-state index is 0.392. The Morgan fingerprint density at radius 3 is 1.97 bits per heavy atom. The molecule has 0 spiro atoms. The molecule has 174 valence electrons. The first-order valence-electron chi connectivity index (χ1n) is 12.7. The lowest BCUT2D eigenvalue weighted by Crippen LogP contribution is -2.30. The first kappa shape index (κ1) is 23.1. The van der Waals surface area contributed by atoms with Gasteiger partial charge < -0.3 is 22.5 Å². The summed E-state index contributed by atoms with van der Waals surface area (Å²) >= 11 is 0. The van der Waals surface area contributed by atoms with E-state index in [9.17, 15) is 0 Å². The second-order valence-corrected chi connectivity index (χ2v) is 10.4. The molecule has 4 nitrogen and oxygen atoms in total. The minimum Gasteiger partial charge on any atom is -0.399 e. The molecule has 2 aromatic rings. The van der Waals surface area contributed by atoms with Crippen molar-refractivity contribution in [3.63, 3.8) is 0 Å². The van der Waals surface area contributed by atoms with Crippen LogP contribution in [0.3, 0.4) is 0 Å². The fourth-order valence-electron chi connectivity index (χ4n) is 5.80. The summed E-state index contributed by atoms with van der Waals surface area (Å²) in [6.45, 7) is 0. The highest BCUT2D eigenvalue weighted by molar-refractivity contribution is 5.53. The fourth-order valence-corrected chi connectivity index (χ4v) is 5.80. The molecule has 4 rings (SSSR count). The van der Waals surface area contributed by atoms with Gasteiger partial charge in [0, 0.05) is 23.5 Å². The molecule has 0 atom stereocenters. The van der Waals surface area contributed by atoms with E-state index in [0.717, 1.165) is 43.0 Å². The van der Waals surface area contributed by atoms with E-state index in [1.54, 1.807) is 0 Å². The lowest BCUT2D eigenvalue weighted by Gasteiger charge is -2.28. The van der Waals surface area contributed by atoms with E-state index in [0.29, 0.717) is 18.0 Å². The summed E-state index contributed by atoms with van der Waals surface area (Å²) in [4.78, 5) is 0. The van der Waals surface area contributed by atoms with Crippen molar-refractivity contribution in [2.45, 2.75) is 82.7 Å². The number of hydrogen-bond donors (Lipinski definition) is 4. The van der Waals surface area contributed by atoms with Gasteiger partial charge in [-0.1, -0.05) is 24.3 Å². The maximum atomic E-state index is 6.39. The molecule has 32 heavy (non-hydrogen) atoms. The number of benzene rings is 2. The highest BCUT2D eigenvalue weighted by atomic mass is 14.9. The van der Waals surface area contributed by atoms with Crippen molar-refractivity contribution < 1.29 is 0 Å². The van der Waals surface area contributed by atoms with E-state index in [-0.39, 0.29) is 0 Å².